The number of nitrogens with zero attached hydrogens (tertiary/aromatic N) is 1. The molecule has 1 aromatic rings. The predicted molar refractivity (Wildman–Crippen MR) is 82.4 cm³/mol. The van der Waals surface area contributed by atoms with Gasteiger partial charge in [0.05, 0.1) is 6.61 Å². The summed E-state index contributed by atoms with van der Waals surface area (Å²) >= 11 is 0. The lowest BCUT2D eigenvalue weighted by molar-refractivity contribution is 0.0483. The van der Waals surface area contributed by atoms with Gasteiger partial charge in [0.25, 0.3) is 10.0 Å². The normalized spacial score (nSPS) is 22.3. The molecular formula is C13H21ClN2O5S. The molecule has 1 unspecified atom stereocenters. The SMILES string of the molecule is CCOC(=O)c1ccc(S(=O)(=O)N2CCC(C)(CN)C2)o1.Cl. The zero-order valence-corrected chi connectivity index (χ0v) is 14.2. The molecule has 1 atom stereocenters. The van der Waals surface area contributed by atoms with Crippen LogP contribution in [0.3, 0.4) is 0 Å². The second kappa shape index (κ2) is 6.99. The largest absolute Gasteiger partial charge is 0.460 e. The smallest absolute Gasteiger partial charge is 0.374 e. The van der Waals surface area contributed by atoms with Gasteiger partial charge in [-0.3, -0.25) is 0 Å². The molecule has 0 spiro atoms. The van der Waals surface area contributed by atoms with Gasteiger partial charge in [-0.05, 0) is 37.4 Å². The van der Waals surface area contributed by atoms with Crippen molar-refractivity contribution in [3.05, 3.63) is 17.9 Å². The summed E-state index contributed by atoms with van der Waals surface area (Å²) in [5, 5.41) is -0.244. The van der Waals surface area contributed by atoms with Crippen molar-refractivity contribution in [3.8, 4) is 0 Å². The minimum Gasteiger partial charge on any atom is -0.460 e. The summed E-state index contributed by atoms with van der Waals surface area (Å²) in [5.74, 6) is -0.789. The minimum atomic E-state index is -3.74. The Morgan fingerprint density at radius 1 is 1.50 bits per heavy atom. The lowest BCUT2D eigenvalue weighted by atomic mass is 9.90. The maximum atomic E-state index is 12.5. The lowest BCUT2D eigenvalue weighted by Crippen LogP contribution is -2.34. The Balaban J connectivity index is 0.00000242. The number of halogens is 1. The molecule has 0 saturated carbocycles. The average Bonchev–Trinajstić information content (AvgIpc) is 3.07. The maximum absolute atomic E-state index is 12.5. The number of ether oxygens (including phenoxy) is 1. The monoisotopic (exact) mass is 352 g/mol. The first-order valence-electron chi connectivity index (χ1n) is 6.79. The van der Waals surface area contributed by atoms with Gasteiger partial charge in [-0.25, -0.2) is 13.2 Å². The van der Waals surface area contributed by atoms with Gasteiger partial charge in [-0.15, -0.1) is 12.4 Å². The van der Waals surface area contributed by atoms with E-state index in [0.717, 1.165) is 0 Å². The first kappa shape index (κ1) is 19.0. The van der Waals surface area contributed by atoms with Crippen molar-refractivity contribution in [1.82, 2.24) is 4.31 Å². The molecule has 2 heterocycles. The molecule has 2 N–H and O–H groups in total. The van der Waals surface area contributed by atoms with Crippen LogP contribution in [0.4, 0.5) is 0 Å². The van der Waals surface area contributed by atoms with Gasteiger partial charge in [0.2, 0.25) is 10.9 Å². The Labute approximate surface area is 136 Å². The quantitative estimate of drug-likeness (QED) is 0.799. The zero-order chi connectivity index (χ0) is 15.7. The second-order valence-corrected chi connectivity index (χ2v) is 7.31. The molecule has 0 amide bonds. The molecule has 0 aromatic carbocycles. The Bertz CT molecular complexity index is 630. The summed E-state index contributed by atoms with van der Waals surface area (Å²) in [6.07, 6.45) is 0.703. The second-order valence-electron chi connectivity index (χ2n) is 5.44. The first-order valence-corrected chi connectivity index (χ1v) is 8.23. The highest BCUT2D eigenvalue weighted by molar-refractivity contribution is 7.89. The van der Waals surface area contributed by atoms with E-state index in [4.69, 9.17) is 14.9 Å². The molecule has 1 fully saturated rings. The van der Waals surface area contributed by atoms with E-state index in [0.29, 0.717) is 26.1 Å². The molecule has 9 heteroatoms. The molecule has 126 valence electrons. The van der Waals surface area contributed by atoms with E-state index >= 15 is 0 Å². The molecule has 0 aliphatic carbocycles. The summed E-state index contributed by atoms with van der Waals surface area (Å²) in [6, 6.07) is 2.59. The Kier molecular flexibility index (Phi) is 6.03. The average molecular weight is 353 g/mol. The Morgan fingerprint density at radius 2 is 2.18 bits per heavy atom. The van der Waals surface area contributed by atoms with Crippen LogP contribution in [0.15, 0.2) is 21.6 Å². The number of rotatable bonds is 5. The summed E-state index contributed by atoms with van der Waals surface area (Å²) in [6.45, 7) is 4.98. The van der Waals surface area contributed by atoms with Crippen molar-refractivity contribution < 1.29 is 22.4 Å². The van der Waals surface area contributed by atoms with E-state index in [9.17, 15) is 13.2 Å². The van der Waals surface area contributed by atoms with Crippen LogP contribution >= 0.6 is 12.4 Å². The van der Waals surface area contributed by atoms with Crippen LogP contribution in [0.25, 0.3) is 0 Å². The number of nitrogens with two attached hydrogens (primary N) is 1. The van der Waals surface area contributed by atoms with E-state index in [1.165, 1.54) is 16.4 Å². The number of carbonyl (C=O) groups is 1. The topological polar surface area (TPSA) is 103 Å². The summed E-state index contributed by atoms with van der Waals surface area (Å²) in [7, 11) is -3.74. The van der Waals surface area contributed by atoms with Gasteiger partial charge in [-0.2, -0.15) is 4.31 Å². The van der Waals surface area contributed by atoms with Crippen molar-refractivity contribution in [2.45, 2.75) is 25.4 Å². The van der Waals surface area contributed by atoms with E-state index in [-0.39, 0.29) is 35.3 Å². The number of esters is 1. The molecule has 1 saturated heterocycles. The highest BCUT2D eigenvalue weighted by Gasteiger charge is 2.40. The van der Waals surface area contributed by atoms with Crippen LogP contribution in [-0.2, 0) is 14.8 Å². The summed E-state index contributed by atoms with van der Waals surface area (Å²) in [4.78, 5) is 11.5. The van der Waals surface area contributed by atoms with Crippen LogP contribution in [0.5, 0.6) is 0 Å². The minimum absolute atomic E-state index is 0. The Hall–Kier alpha value is -1.09. The zero-order valence-electron chi connectivity index (χ0n) is 12.6. The molecule has 0 radical (unpaired) electrons. The van der Waals surface area contributed by atoms with E-state index in [1.54, 1.807) is 6.92 Å². The third-order valence-corrected chi connectivity index (χ3v) is 5.39. The molecule has 1 aliphatic heterocycles. The molecule has 0 bridgehead atoms. The number of furan rings is 1. The highest BCUT2D eigenvalue weighted by atomic mass is 35.5. The molecule has 22 heavy (non-hydrogen) atoms. The fourth-order valence-electron chi connectivity index (χ4n) is 2.25. The van der Waals surface area contributed by atoms with Gasteiger partial charge in [-0.1, -0.05) is 6.92 Å². The first-order chi connectivity index (χ1) is 9.82. The van der Waals surface area contributed by atoms with Crippen LogP contribution in [0.2, 0.25) is 0 Å². The van der Waals surface area contributed by atoms with Gasteiger partial charge >= 0.3 is 5.97 Å². The Morgan fingerprint density at radius 3 is 2.73 bits per heavy atom. The number of sulfonamides is 1. The van der Waals surface area contributed by atoms with Gasteiger partial charge in [0.1, 0.15) is 0 Å². The fraction of sp³-hybridized carbons (Fsp3) is 0.615. The van der Waals surface area contributed by atoms with E-state index in [1.807, 2.05) is 6.92 Å². The summed E-state index contributed by atoms with van der Waals surface area (Å²) in [5.41, 5.74) is 5.46. The van der Waals surface area contributed by atoms with Crippen molar-refractivity contribution in [2.24, 2.45) is 11.1 Å². The third kappa shape index (κ3) is 3.62. The molecule has 1 aromatic heterocycles. The predicted octanol–water partition coefficient (Wildman–Crippen LogP) is 1.24. The summed E-state index contributed by atoms with van der Waals surface area (Å²) < 4.78 is 36.2. The highest BCUT2D eigenvalue weighted by Crippen LogP contribution is 2.32. The molecule has 7 nitrogen and oxygen atoms in total. The lowest BCUT2D eigenvalue weighted by Gasteiger charge is -2.21. The van der Waals surface area contributed by atoms with Crippen molar-refractivity contribution >= 4 is 28.4 Å². The maximum Gasteiger partial charge on any atom is 0.374 e. The van der Waals surface area contributed by atoms with Crippen LogP contribution in [0.1, 0.15) is 30.8 Å². The fourth-order valence-corrected chi connectivity index (χ4v) is 3.75. The van der Waals surface area contributed by atoms with Gasteiger partial charge in [0.15, 0.2) is 0 Å². The van der Waals surface area contributed by atoms with Gasteiger partial charge < -0.3 is 14.9 Å². The number of carbonyl (C=O) groups excluding carboxylic acids is 1. The van der Waals surface area contributed by atoms with Crippen LogP contribution in [-0.4, -0.2) is 44.9 Å². The van der Waals surface area contributed by atoms with Crippen LogP contribution in [0, 0.1) is 5.41 Å². The molecular weight excluding hydrogens is 332 g/mol. The third-order valence-electron chi connectivity index (χ3n) is 3.67. The number of hydrogen-bond acceptors (Lipinski definition) is 6. The standard InChI is InChI=1S/C13H20N2O5S.ClH/c1-3-19-12(16)10-4-5-11(20-10)21(17,18)15-7-6-13(2,8-14)9-15;/h4-5H,3,6-9,14H2,1-2H3;1H. The number of hydrogen-bond donors (Lipinski definition) is 1. The van der Waals surface area contributed by atoms with E-state index in [2.05, 4.69) is 0 Å². The van der Waals surface area contributed by atoms with Crippen LogP contribution < -0.4 is 5.73 Å². The molecule has 2 rings (SSSR count). The van der Waals surface area contributed by atoms with Gasteiger partial charge in [0, 0.05) is 13.1 Å². The van der Waals surface area contributed by atoms with Crippen molar-refractivity contribution in [3.63, 3.8) is 0 Å². The van der Waals surface area contributed by atoms with E-state index < -0.39 is 16.0 Å². The van der Waals surface area contributed by atoms with Crippen molar-refractivity contribution in [2.75, 3.05) is 26.2 Å². The van der Waals surface area contributed by atoms with Crippen molar-refractivity contribution in [1.29, 1.82) is 0 Å². The molecule has 1 aliphatic rings.